The summed E-state index contributed by atoms with van der Waals surface area (Å²) in [6, 6.07) is 32.0. The molecule has 5 nitrogen and oxygen atoms in total. The van der Waals surface area contributed by atoms with E-state index < -0.39 is 0 Å². The maximum atomic E-state index is 10.0. The summed E-state index contributed by atoms with van der Waals surface area (Å²) in [4.78, 5) is 14.7. The molecule has 0 spiro atoms. The fraction of sp³-hybridized carbons (Fsp3) is 0.135. The summed E-state index contributed by atoms with van der Waals surface area (Å²) in [5, 5.41) is 12.7. The zero-order chi connectivity index (χ0) is 29.4. The third kappa shape index (κ3) is 5.64. The Labute approximate surface area is 263 Å². The van der Waals surface area contributed by atoms with Crippen molar-refractivity contribution in [2.75, 3.05) is 0 Å². The molecule has 0 amide bonds. The minimum absolute atomic E-state index is 0. The van der Waals surface area contributed by atoms with Gasteiger partial charge in [-0.05, 0) is 54.8 Å². The number of aliphatic hydroxyl groups is 1. The zero-order valence-electron chi connectivity index (χ0n) is 24.3. The van der Waals surface area contributed by atoms with Crippen molar-refractivity contribution >= 4 is 49.7 Å². The molecule has 1 radical (unpaired) electrons. The van der Waals surface area contributed by atoms with Gasteiger partial charge in [-0.15, -0.1) is 35.9 Å². The van der Waals surface area contributed by atoms with Crippen molar-refractivity contribution in [3.8, 4) is 22.4 Å². The van der Waals surface area contributed by atoms with Gasteiger partial charge in [0.2, 0.25) is 0 Å². The summed E-state index contributed by atoms with van der Waals surface area (Å²) in [6.45, 7) is 7.31. The molecule has 7 aromatic rings. The van der Waals surface area contributed by atoms with E-state index in [1.165, 1.54) is 25.5 Å². The summed E-state index contributed by atoms with van der Waals surface area (Å²) in [6.07, 6.45) is 3.05. The Morgan fingerprint density at radius 3 is 2.07 bits per heavy atom. The molecule has 7 rings (SSSR count). The van der Waals surface area contributed by atoms with Crippen LogP contribution in [0.3, 0.4) is 0 Å². The third-order valence-corrected chi connectivity index (χ3v) is 7.21. The average molecular weight is 745 g/mol. The fourth-order valence-corrected chi connectivity index (χ4v) is 5.61. The minimum Gasteiger partial charge on any atom is -0.512 e. The van der Waals surface area contributed by atoms with Gasteiger partial charge in [-0.25, -0.2) is 0 Å². The van der Waals surface area contributed by atoms with Crippen LogP contribution < -0.4 is 0 Å². The number of ketones is 1. The number of benzene rings is 4. The first kappa shape index (κ1) is 30.0. The molecular formula is C37H30IrNO4-. The molecule has 0 atom stereocenters. The van der Waals surface area contributed by atoms with Crippen LogP contribution in [0.5, 0.6) is 0 Å². The Morgan fingerprint density at radius 1 is 0.860 bits per heavy atom. The molecule has 0 fully saturated rings. The number of aliphatic hydroxyl groups excluding tert-OH is 1. The predicted octanol–water partition coefficient (Wildman–Crippen LogP) is 10.2. The van der Waals surface area contributed by atoms with Crippen LogP contribution in [0.25, 0.3) is 66.3 Å². The van der Waals surface area contributed by atoms with Crippen LogP contribution in [-0.4, -0.2) is 15.9 Å². The first-order chi connectivity index (χ1) is 20.3. The van der Waals surface area contributed by atoms with Crippen molar-refractivity contribution in [2.45, 2.75) is 33.6 Å². The second-order valence-corrected chi connectivity index (χ2v) is 10.7. The van der Waals surface area contributed by atoms with Crippen molar-refractivity contribution in [3.63, 3.8) is 0 Å². The molecule has 4 aromatic carbocycles. The van der Waals surface area contributed by atoms with Gasteiger partial charge in [0.25, 0.3) is 0 Å². The molecule has 3 aromatic heterocycles. The van der Waals surface area contributed by atoms with E-state index in [0.717, 1.165) is 66.3 Å². The smallest absolute Gasteiger partial charge is 0.155 e. The molecule has 0 unspecified atom stereocenters. The van der Waals surface area contributed by atoms with Crippen molar-refractivity contribution in [1.29, 1.82) is 0 Å². The van der Waals surface area contributed by atoms with E-state index in [2.05, 4.69) is 61.3 Å². The number of nitrogens with zero attached hydrogens (tertiary/aromatic N) is 1. The molecule has 0 bridgehead atoms. The number of aromatic nitrogens is 1. The fourth-order valence-electron chi connectivity index (χ4n) is 5.61. The largest absolute Gasteiger partial charge is 0.512 e. The van der Waals surface area contributed by atoms with Gasteiger partial charge in [0.1, 0.15) is 22.3 Å². The second kappa shape index (κ2) is 12.4. The summed E-state index contributed by atoms with van der Waals surface area (Å²) in [5.74, 6) is 0.165. The maximum Gasteiger partial charge on any atom is 0.155 e. The Balaban J connectivity index is 0.000000415. The number of carbonyl (C=O) groups is 1. The van der Waals surface area contributed by atoms with Gasteiger partial charge in [-0.3, -0.25) is 4.79 Å². The van der Waals surface area contributed by atoms with Crippen molar-refractivity contribution in [2.24, 2.45) is 0 Å². The van der Waals surface area contributed by atoms with Gasteiger partial charge in [-0.2, -0.15) is 0 Å². The molecule has 0 saturated carbocycles. The molecule has 0 aliphatic rings. The number of allylic oxidation sites excluding steroid dienone is 2. The summed E-state index contributed by atoms with van der Waals surface area (Å²) in [5.41, 5.74) is 8.80. The first-order valence-corrected chi connectivity index (χ1v) is 13.9. The standard InChI is InChI=1S/C32H22NO2.C5H8O2.Ir/c1-19(2)27-28(21-16-17-33-24(18-21)20-10-4-3-5-11-20)29-22-12-6-8-14-25(22)35-32(29)30-23-13-7-9-15-26(23)34-31(27)30;1-4(6)3-5(2)7;/h3-10,12-19H,1-2H3;3,6H,1-2H3;/q-1;;/b;4-3-;. The third-order valence-electron chi connectivity index (χ3n) is 7.21. The van der Waals surface area contributed by atoms with Gasteiger partial charge < -0.3 is 18.9 Å². The van der Waals surface area contributed by atoms with E-state index in [9.17, 15) is 4.79 Å². The Bertz CT molecular complexity index is 2120. The van der Waals surface area contributed by atoms with Gasteiger partial charge >= 0.3 is 0 Å². The van der Waals surface area contributed by atoms with E-state index in [4.69, 9.17) is 13.9 Å². The molecule has 1 N–H and O–H groups in total. The Morgan fingerprint density at radius 2 is 1.49 bits per heavy atom. The predicted molar refractivity (Wildman–Crippen MR) is 170 cm³/mol. The second-order valence-electron chi connectivity index (χ2n) is 10.7. The molecule has 0 aliphatic carbocycles. The van der Waals surface area contributed by atoms with Crippen LogP contribution in [-0.2, 0) is 24.9 Å². The average Bonchev–Trinajstić information content (AvgIpc) is 3.55. The van der Waals surface area contributed by atoms with Crippen LogP contribution >= 0.6 is 0 Å². The minimum atomic E-state index is -0.125. The van der Waals surface area contributed by atoms with E-state index in [-0.39, 0.29) is 37.6 Å². The van der Waals surface area contributed by atoms with Gasteiger partial charge in [0.05, 0.1) is 11.1 Å². The van der Waals surface area contributed by atoms with E-state index in [1.807, 2.05) is 54.7 Å². The topological polar surface area (TPSA) is 76.5 Å². The molecule has 217 valence electrons. The maximum absolute atomic E-state index is 10.0. The Kier molecular flexibility index (Phi) is 8.63. The number of hydrogen-bond donors (Lipinski definition) is 1. The van der Waals surface area contributed by atoms with E-state index in [1.54, 1.807) is 0 Å². The van der Waals surface area contributed by atoms with Crippen LogP contribution in [0.4, 0.5) is 0 Å². The zero-order valence-corrected chi connectivity index (χ0v) is 26.7. The molecule has 43 heavy (non-hydrogen) atoms. The van der Waals surface area contributed by atoms with Gasteiger partial charge in [0, 0.05) is 54.1 Å². The Hall–Kier alpha value is -4.51. The van der Waals surface area contributed by atoms with Crippen LogP contribution in [0.1, 0.15) is 39.2 Å². The van der Waals surface area contributed by atoms with E-state index in [0.29, 0.717) is 0 Å². The summed E-state index contributed by atoms with van der Waals surface area (Å²) < 4.78 is 13.1. The molecule has 6 heteroatoms. The number of pyridine rings is 1. The van der Waals surface area contributed by atoms with Gasteiger partial charge in [0.15, 0.2) is 5.78 Å². The molecule has 0 saturated heterocycles. The van der Waals surface area contributed by atoms with Gasteiger partial charge in [-0.1, -0.05) is 56.3 Å². The number of rotatable bonds is 4. The molecule has 3 heterocycles. The number of carbonyl (C=O) groups excluding carboxylic acids is 1. The van der Waals surface area contributed by atoms with Crippen LogP contribution in [0, 0.1) is 6.07 Å². The van der Waals surface area contributed by atoms with Crippen LogP contribution in [0.2, 0.25) is 0 Å². The quantitative estimate of drug-likeness (QED) is 0.110. The SMILES string of the molecule is CC(=O)/C=C(/C)O.CC(C)c1c(-c2ccnc(-c3[c-]cccc3)c2)c2c3ccccc3oc2c2c1oc1ccccc12.[Ir]. The van der Waals surface area contributed by atoms with Crippen molar-refractivity contribution in [1.82, 2.24) is 4.98 Å². The monoisotopic (exact) mass is 745 g/mol. The number of fused-ring (bicyclic) bond motifs is 7. The summed E-state index contributed by atoms with van der Waals surface area (Å²) in [7, 11) is 0. The number of para-hydroxylation sites is 2. The first-order valence-electron chi connectivity index (χ1n) is 13.9. The van der Waals surface area contributed by atoms with E-state index >= 15 is 0 Å². The van der Waals surface area contributed by atoms with Crippen LogP contribution in [0.15, 0.2) is 112 Å². The molecular weight excluding hydrogens is 715 g/mol. The summed E-state index contributed by atoms with van der Waals surface area (Å²) >= 11 is 0. The number of hydrogen-bond acceptors (Lipinski definition) is 5. The normalized spacial score (nSPS) is 11.6. The molecule has 0 aliphatic heterocycles. The van der Waals surface area contributed by atoms with Crippen molar-refractivity contribution < 1.29 is 38.8 Å². The number of furan rings is 2. The van der Waals surface area contributed by atoms with Crippen molar-refractivity contribution in [3.05, 3.63) is 115 Å².